The Morgan fingerprint density at radius 3 is 2.11 bits per heavy atom. The Bertz CT molecular complexity index is 1100. The molecule has 10 nitrogen and oxygen atoms in total. The van der Waals surface area contributed by atoms with Crippen molar-refractivity contribution in [3.8, 4) is 0 Å². The first-order valence-corrected chi connectivity index (χ1v) is 16.1. The average molecular weight is 611 g/mol. The van der Waals surface area contributed by atoms with Gasteiger partial charge in [-0.25, -0.2) is 9.78 Å². The number of unbranched alkanes of at least 4 members (excludes halogenated alkanes) is 10. The Morgan fingerprint density at radius 2 is 1.50 bits per heavy atom. The highest BCUT2D eigenvalue weighted by atomic mass is 16.5. The number of hydrogen-bond donors (Lipinski definition) is 2. The van der Waals surface area contributed by atoms with Crippen LogP contribution in [0.4, 0.5) is 0 Å². The van der Waals surface area contributed by atoms with Gasteiger partial charge in [0.15, 0.2) is 0 Å². The number of nitrogens with one attached hydrogen (secondary N) is 1. The molecule has 0 aliphatic rings. The van der Waals surface area contributed by atoms with Crippen molar-refractivity contribution >= 4 is 23.8 Å². The summed E-state index contributed by atoms with van der Waals surface area (Å²) in [6.45, 7) is 2.38. The molecule has 44 heavy (non-hydrogen) atoms. The second-order valence-corrected chi connectivity index (χ2v) is 11.2. The minimum Gasteiger partial charge on any atom is -0.461 e. The van der Waals surface area contributed by atoms with Crippen molar-refractivity contribution < 1.29 is 28.7 Å². The van der Waals surface area contributed by atoms with Gasteiger partial charge in [-0.1, -0.05) is 101 Å². The predicted molar refractivity (Wildman–Crippen MR) is 168 cm³/mol. The van der Waals surface area contributed by atoms with Gasteiger partial charge in [0.05, 0.1) is 12.6 Å². The van der Waals surface area contributed by atoms with Gasteiger partial charge in [0, 0.05) is 18.8 Å². The lowest BCUT2D eigenvalue weighted by Crippen LogP contribution is -2.43. The van der Waals surface area contributed by atoms with Crippen molar-refractivity contribution in [1.82, 2.24) is 15.3 Å². The van der Waals surface area contributed by atoms with Gasteiger partial charge in [-0.3, -0.25) is 19.4 Å². The fraction of sp³-hybridized carbons (Fsp3) is 0.588. The molecular weight excluding hydrogens is 560 g/mol. The summed E-state index contributed by atoms with van der Waals surface area (Å²) in [5.41, 5.74) is 6.36. The van der Waals surface area contributed by atoms with Gasteiger partial charge in [-0.2, -0.15) is 0 Å². The van der Waals surface area contributed by atoms with E-state index >= 15 is 0 Å². The van der Waals surface area contributed by atoms with E-state index in [4.69, 9.17) is 15.2 Å². The fourth-order valence-corrected chi connectivity index (χ4v) is 4.87. The number of ether oxygens (including phenoxy) is 2. The number of carbonyl (C=O) groups excluding carboxylic acids is 4. The van der Waals surface area contributed by atoms with E-state index in [-0.39, 0.29) is 38.0 Å². The number of nitrogens with zero attached hydrogens (tertiary/aromatic N) is 2. The molecule has 242 valence electrons. The van der Waals surface area contributed by atoms with Crippen LogP contribution in [0.5, 0.6) is 0 Å². The SMILES string of the molecule is CCCCCCCCCCCCC[C@@H](CC(N)=O)OC(=O)[C@H](CCCC(=O)OCc1ccccc1)NC(=O)c1cnccn1. The lowest BCUT2D eigenvalue weighted by molar-refractivity contribution is -0.153. The number of amides is 2. The predicted octanol–water partition coefficient (Wildman–Crippen LogP) is 5.98. The molecule has 2 amide bonds. The van der Waals surface area contributed by atoms with Gasteiger partial charge >= 0.3 is 11.9 Å². The van der Waals surface area contributed by atoms with Crippen LogP contribution in [0.25, 0.3) is 0 Å². The maximum atomic E-state index is 13.2. The molecule has 0 radical (unpaired) electrons. The summed E-state index contributed by atoms with van der Waals surface area (Å²) >= 11 is 0. The van der Waals surface area contributed by atoms with Crippen LogP contribution < -0.4 is 11.1 Å². The van der Waals surface area contributed by atoms with Crippen molar-refractivity contribution in [2.24, 2.45) is 5.73 Å². The number of primary amides is 1. The normalized spacial score (nSPS) is 12.2. The zero-order valence-corrected chi connectivity index (χ0v) is 26.2. The molecule has 0 aliphatic carbocycles. The number of esters is 2. The van der Waals surface area contributed by atoms with Crippen LogP contribution in [-0.2, 0) is 30.5 Å². The molecule has 3 N–H and O–H groups in total. The largest absolute Gasteiger partial charge is 0.461 e. The smallest absolute Gasteiger partial charge is 0.328 e. The molecule has 0 aliphatic heterocycles. The van der Waals surface area contributed by atoms with Crippen molar-refractivity contribution in [3.05, 3.63) is 60.2 Å². The molecule has 2 atom stereocenters. The number of carbonyl (C=O) groups is 4. The summed E-state index contributed by atoms with van der Waals surface area (Å²) in [7, 11) is 0. The zero-order valence-electron chi connectivity index (χ0n) is 26.2. The van der Waals surface area contributed by atoms with E-state index in [1.807, 2.05) is 30.3 Å². The Balaban J connectivity index is 1.85. The molecule has 2 aromatic rings. The number of rotatable bonds is 24. The van der Waals surface area contributed by atoms with Gasteiger partial charge in [0.2, 0.25) is 5.91 Å². The van der Waals surface area contributed by atoms with E-state index in [0.29, 0.717) is 6.42 Å². The monoisotopic (exact) mass is 610 g/mol. The first kappa shape index (κ1) is 36.4. The molecule has 0 saturated carbocycles. The van der Waals surface area contributed by atoms with Crippen LogP contribution in [0.1, 0.15) is 126 Å². The molecule has 0 bridgehead atoms. The van der Waals surface area contributed by atoms with Crippen molar-refractivity contribution in [2.75, 3.05) is 0 Å². The molecule has 0 saturated heterocycles. The summed E-state index contributed by atoms with van der Waals surface area (Å²) < 4.78 is 11.0. The number of hydrogen-bond acceptors (Lipinski definition) is 8. The minimum absolute atomic E-state index is 0.0437. The zero-order chi connectivity index (χ0) is 31.8. The molecule has 0 spiro atoms. The summed E-state index contributed by atoms with van der Waals surface area (Å²) in [4.78, 5) is 57.9. The Kier molecular flexibility index (Phi) is 18.7. The number of nitrogens with two attached hydrogens (primary N) is 1. The fourth-order valence-electron chi connectivity index (χ4n) is 4.87. The lowest BCUT2D eigenvalue weighted by atomic mass is 10.0. The third kappa shape index (κ3) is 16.7. The third-order valence-corrected chi connectivity index (χ3v) is 7.34. The third-order valence-electron chi connectivity index (χ3n) is 7.34. The molecule has 1 aromatic carbocycles. The summed E-state index contributed by atoms with van der Waals surface area (Å²) in [5.74, 6) is -2.26. The van der Waals surface area contributed by atoms with Crippen LogP contribution in [-0.4, -0.2) is 45.9 Å². The first-order chi connectivity index (χ1) is 21.4. The summed E-state index contributed by atoms with van der Waals surface area (Å²) in [5, 5.41) is 2.65. The van der Waals surface area contributed by atoms with E-state index in [0.717, 1.165) is 31.2 Å². The topological polar surface area (TPSA) is 151 Å². The van der Waals surface area contributed by atoms with Crippen molar-refractivity contribution in [2.45, 2.75) is 128 Å². The molecule has 0 unspecified atom stereocenters. The van der Waals surface area contributed by atoms with Crippen LogP contribution >= 0.6 is 0 Å². The van der Waals surface area contributed by atoms with E-state index in [1.54, 1.807) is 0 Å². The first-order valence-electron chi connectivity index (χ1n) is 16.1. The Labute approximate surface area is 261 Å². The Hall–Kier alpha value is -3.82. The van der Waals surface area contributed by atoms with Gasteiger partial charge in [-0.05, 0) is 31.2 Å². The number of benzene rings is 1. The second kappa shape index (κ2) is 22.7. The van der Waals surface area contributed by atoms with Crippen LogP contribution in [0.2, 0.25) is 0 Å². The van der Waals surface area contributed by atoms with Crippen molar-refractivity contribution in [3.63, 3.8) is 0 Å². The summed E-state index contributed by atoms with van der Waals surface area (Å²) in [6.07, 6.45) is 17.3. The molecule has 1 heterocycles. The maximum absolute atomic E-state index is 13.2. The standard InChI is InChI=1S/C34H50N4O6/c1-2-3-4-5-6-7-8-9-10-11-15-19-28(24-31(35)39)44-34(42)29(38-33(41)30-25-36-22-23-37-30)20-16-21-32(40)43-26-27-17-13-12-14-18-27/h12-14,17-18,22-23,25,28-29H,2-11,15-16,19-21,24,26H2,1H3,(H2,35,39)(H,38,41)/t28-,29-/m0/s1. The Morgan fingerprint density at radius 1 is 0.841 bits per heavy atom. The highest BCUT2D eigenvalue weighted by Gasteiger charge is 2.27. The molecule has 10 heteroatoms. The van der Waals surface area contributed by atoms with Gasteiger partial charge in [0.25, 0.3) is 5.91 Å². The quantitative estimate of drug-likeness (QED) is 0.109. The summed E-state index contributed by atoms with van der Waals surface area (Å²) in [6, 6.07) is 8.27. The molecule has 0 fully saturated rings. The van der Waals surface area contributed by atoms with Gasteiger partial charge < -0.3 is 20.5 Å². The second-order valence-electron chi connectivity index (χ2n) is 11.2. The molecule has 2 rings (SSSR count). The molecule has 1 aromatic heterocycles. The highest BCUT2D eigenvalue weighted by molar-refractivity contribution is 5.95. The van der Waals surface area contributed by atoms with Gasteiger partial charge in [-0.15, -0.1) is 0 Å². The number of aromatic nitrogens is 2. The van der Waals surface area contributed by atoms with Crippen molar-refractivity contribution in [1.29, 1.82) is 0 Å². The minimum atomic E-state index is -1.06. The van der Waals surface area contributed by atoms with Crippen LogP contribution in [0, 0.1) is 0 Å². The van der Waals surface area contributed by atoms with Crippen LogP contribution in [0.3, 0.4) is 0 Å². The van der Waals surface area contributed by atoms with E-state index < -0.39 is 35.9 Å². The average Bonchev–Trinajstić information content (AvgIpc) is 3.02. The highest BCUT2D eigenvalue weighted by Crippen LogP contribution is 2.16. The maximum Gasteiger partial charge on any atom is 0.328 e. The van der Waals surface area contributed by atoms with E-state index in [9.17, 15) is 19.2 Å². The van der Waals surface area contributed by atoms with Gasteiger partial charge in [0.1, 0.15) is 24.4 Å². The lowest BCUT2D eigenvalue weighted by Gasteiger charge is -2.22. The van der Waals surface area contributed by atoms with Crippen LogP contribution in [0.15, 0.2) is 48.9 Å². The molecular formula is C34H50N4O6. The van der Waals surface area contributed by atoms with E-state index in [1.165, 1.54) is 63.5 Å². The van der Waals surface area contributed by atoms with E-state index in [2.05, 4.69) is 22.2 Å².